The molecule has 1 heterocycles. The van der Waals surface area contributed by atoms with Crippen LogP contribution >= 0.6 is 0 Å². The predicted octanol–water partition coefficient (Wildman–Crippen LogP) is 2.56. The first kappa shape index (κ1) is 19.9. The molecule has 0 saturated heterocycles. The van der Waals surface area contributed by atoms with Gasteiger partial charge in [0.1, 0.15) is 4.90 Å². The van der Waals surface area contributed by atoms with Crippen molar-refractivity contribution in [3.8, 4) is 0 Å². The number of hydrogen-bond donors (Lipinski definition) is 3. The minimum absolute atomic E-state index is 0.204. The Bertz CT molecular complexity index is 1010. The van der Waals surface area contributed by atoms with Crippen LogP contribution in [0.4, 0.5) is 10.5 Å². The van der Waals surface area contributed by atoms with Crippen LogP contribution in [-0.2, 0) is 42.1 Å². The van der Waals surface area contributed by atoms with Crippen molar-refractivity contribution >= 4 is 21.6 Å². The van der Waals surface area contributed by atoms with Crippen LogP contribution in [0, 0.1) is 4.78 Å². The van der Waals surface area contributed by atoms with E-state index in [4.69, 9.17) is 4.78 Å². The fourth-order valence-electron chi connectivity index (χ4n) is 4.21. The van der Waals surface area contributed by atoms with Gasteiger partial charge < -0.3 is 10.2 Å². The quantitative estimate of drug-likeness (QED) is 0.673. The van der Waals surface area contributed by atoms with Crippen LogP contribution in [0.2, 0.25) is 0 Å². The van der Waals surface area contributed by atoms with Gasteiger partial charge in [-0.1, -0.05) is 6.07 Å². The third-order valence-electron chi connectivity index (χ3n) is 5.67. The number of amides is 2. The summed E-state index contributed by atoms with van der Waals surface area (Å²) in [6, 6.07) is 1.70. The Balaban J connectivity index is 1.49. The third kappa shape index (κ3) is 4.16. The molecule has 1 atom stereocenters. The van der Waals surface area contributed by atoms with E-state index in [1.54, 1.807) is 10.9 Å². The van der Waals surface area contributed by atoms with Gasteiger partial charge in [-0.2, -0.15) is 5.10 Å². The maximum Gasteiger partial charge on any atom is 0.331 e. The Morgan fingerprint density at radius 2 is 1.86 bits per heavy atom. The second-order valence-corrected chi connectivity index (χ2v) is 9.88. The highest BCUT2D eigenvalue weighted by Crippen LogP contribution is 2.38. The van der Waals surface area contributed by atoms with E-state index < -0.39 is 15.9 Å². The van der Waals surface area contributed by atoms with Gasteiger partial charge in [-0.05, 0) is 74.9 Å². The first-order valence-corrected chi connectivity index (χ1v) is 11.6. The lowest BCUT2D eigenvalue weighted by molar-refractivity contribution is 0.256. The summed E-state index contributed by atoms with van der Waals surface area (Å²) in [5.41, 5.74) is 5.91. The fraction of sp³-hybridized carbons (Fsp3) is 0.500. The Hall–Kier alpha value is -2.39. The van der Waals surface area contributed by atoms with Gasteiger partial charge in [0.15, 0.2) is 9.92 Å². The Labute approximate surface area is 171 Å². The number of carbonyl (C=O) groups excluding carboxylic acids is 1. The van der Waals surface area contributed by atoms with Crippen LogP contribution in [0.3, 0.4) is 0 Å². The molecule has 1 unspecified atom stereocenters. The summed E-state index contributed by atoms with van der Waals surface area (Å²) in [7, 11) is 0.434. The lowest BCUT2D eigenvalue weighted by Crippen LogP contribution is -2.34. The molecule has 4 rings (SSSR count). The highest BCUT2D eigenvalue weighted by atomic mass is 32.2. The molecule has 29 heavy (non-hydrogen) atoms. The Kier molecular flexibility index (Phi) is 5.35. The maximum absolute atomic E-state index is 12.8. The number of nitrogens with zero attached hydrogens (tertiary/aromatic N) is 3. The molecule has 2 aliphatic rings. The van der Waals surface area contributed by atoms with Gasteiger partial charge in [0.25, 0.3) is 0 Å². The average molecular weight is 417 g/mol. The van der Waals surface area contributed by atoms with Crippen molar-refractivity contribution in [1.82, 2.24) is 19.4 Å². The fourth-order valence-corrected chi connectivity index (χ4v) is 5.11. The van der Waals surface area contributed by atoms with E-state index in [9.17, 15) is 9.00 Å². The van der Waals surface area contributed by atoms with Crippen LogP contribution in [0.15, 0.2) is 23.4 Å². The largest absolute Gasteiger partial charge is 0.331 e. The SMILES string of the molecule is CN(C)CCn1cc(S(=N)(=O)NC(=O)Nc2c3c(cc4c2CCC4)CCC3)cn1. The molecule has 2 aromatic rings. The minimum Gasteiger partial charge on any atom is -0.308 e. The Morgan fingerprint density at radius 1 is 1.21 bits per heavy atom. The summed E-state index contributed by atoms with van der Waals surface area (Å²) in [5.74, 6) is 0. The monoisotopic (exact) mass is 416 g/mol. The third-order valence-corrected chi connectivity index (χ3v) is 7.01. The predicted molar refractivity (Wildman–Crippen MR) is 113 cm³/mol. The molecular formula is C20H28N6O2S. The van der Waals surface area contributed by atoms with E-state index in [2.05, 4.69) is 21.2 Å². The van der Waals surface area contributed by atoms with Crippen molar-refractivity contribution in [3.63, 3.8) is 0 Å². The molecule has 8 nitrogen and oxygen atoms in total. The molecular weight excluding hydrogens is 388 g/mol. The van der Waals surface area contributed by atoms with E-state index >= 15 is 0 Å². The second-order valence-electron chi connectivity index (χ2n) is 8.09. The van der Waals surface area contributed by atoms with Gasteiger partial charge in [0.2, 0.25) is 0 Å². The molecule has 0 spiro atoms. The van der Waals surface area contributed by atoms with E-state index in [1.807, 2.05) is 19.0 Å². The minimum atomic E-state index is -3.48. The summed E-state index contributed by atoms with van der Waals surface area (Å²) in [6.07, 6.45) is 9.13. The molecule has 0 bridgehead atoms. The number of aryl methyl sites for hydroxylation is 2. The zero-order valence-corrected chi connectivity index (χ0v) is 17.8. The molecule has 2 amide bonds. The van der Waals surface area contributed by atoms with Crippen molar-refractivity contribution in [1.29, 1.82) is 4.78 Å². The molecule has 3 N–H and O–H groups in total. The molecule has 1 aromatic carbocycles. The number of urea groups is 1. The van der Waals surface area contributed by atoms with Gasteiger partial charge >= 0.3 is 6.03 Å². The standard InChI is InChI=1S/C20H28N6O2S/c1-25(2)9-10-26-13-16(12-22-26)29(21,28)24-20(27)23-19-17-7-3-5-14(17)11-15-6-4-8-18(15)19/h11-13H,3-10H2,1-2H3,(H3,21,23,24,27,28). The lowest BCUT2D eigenvalue weighted by atomic mass is 9.99. The lowest BCUT2D eigenvalue weighted by Gasteiger charge is -2.17. The second kappa shape index (κ2) is 7.79. The van der Waals surface area contributed by atoms with Crippen molar-refractivity contribution < 1.29 is 9.00 Å². The molecule has 1 aromatic heterocycles. The molecule has 0 radical (unpaired) electrons. The van der Waals surface area contributed by atoms with E-state index in [-0.39, 0.29) is 4.90 Å². The maximum atomic E-state index is 12.8. The average Bonchev–Trinajstić information content (AvgIpc) is 3.39. The van der Waals surface area contributed by atoms with Crippen LogP contribution in [0.5, 0.6) is 0 Å². The number of fused-ring (bicyclic) bond motifs is 2. The summed E-state index contributed by atoms with van der Waals surface area (Å²) in [6.45, 7) is 1.40. The molecule has 0 saturated carbocycles. The van der Waals surface area contributed by atoms with Gasteiger partial charge in [0.05, 0.1) is 12.7 Å². The van der Waals surface area contributed by atoms with Gasteiger partial charge in [-0.25, -0.2) is 18.5 Å². The number of likely N-dealkylation sites (N-methyl/N-ethyl adjacent to an activating group) is 1. The number of aromatic nitrogens is 2. The van der Waals surface area contributed by atoms with Gasteiger partial charge in [-0.3, -0.25) is 4.68 Å². The molecule has 0 aliphatic heterocycles. The summed E-state index contributed by atoms with van der Waals surface area (Å²) in [5, 5.41) is 7.09. The summed E-state index contributed by atoms with van der Waals surface area (Å²) in [4.78, 5) is 14.9. The molecule has 156 valence electrons. The summed E-state index contributed by atoms with van der Waals surface area (Å²) >= 11 is 0. The van der Waals surface area contributed by atoms with Crippen molar-refractivity contribution in [2.24, 2.45) is 0 Å². The van der Waals surface area contributed by atoms with Crippen molar-refractivity contribution in [2.45, 2.75) is 50.0 Å². The van der Waals surface area contributed by atoms with E-state index in [0.717, 1.165) is 50.8 Å². The van der Waals surface area contributed by atoms with Crippen LogP contribution in [0.1, 0.15) is 35.1 Å². The highest BCUT2D eigenvalue weighted by Gasteiger charge is 2.26. The topological polar surface area (TPSA) is 103 Å². The molecule has 2 aliphatic carbocycles. The number of anilines is 1. The Morgan fingerprint density at radius 3 is 2.48 bits per heavy atom. The van der Waals surface area contributed by atoms with Crippen molar-refractivity contribution in [3.05, 3.63) is 40.7 Å². The zero-order valence-electron chi connectivity index (χ0n) is 17.0. The number of nitrogens with one attached hydrogen (secondary N) is 3. The van der Waals surface area contributed by atoms with Crippen LogP contribution < -0.4 is 10.0 Å². The highest BCUT2D eigenvalue weighted by molar-refractivity contribution is 7.91. The van der Waals surface area contributed by atoms with E-state index in [1.165, 1.54) is 28.5 Å². The van der Waals surface area contributed by atoms with Gasteiger partial charge in [-0.15, -0.1) is 0 Å². The summed E-state index contributed by atoms with van der Waals surface area (Å²) < 4.78 is 25.0. The van der Waals surface area contributed by atoms with Crippen molar-refractivity contribution in [2.75, 3.05) is 26.0 Å². The first-order chi connectivity index (χ1) is 13.8. The van der Waals surface area contributed by atoms with E-state index in [0.29, 0.717) is 6.54 Å². The van der Waals surface area contributed by atoms with Crippen LogP contribution in [0.25, 0.3) is 0 Å². The smallest absolute Gasteiger partial charge is 0.308 e. The number of benzene rings is 1. The van der Waals surface area contributed by atoms with Gasteiger partial charge in [0, 0.05) is 18.4 Å². The first-order valence-electron chi connectivity index (χ1n) is 10.0. The zero-order chi connectivity index (χ0) is 20.6. The molecule has 9 heteroatoms. The molecule has 0 fully saturated rings. The normalized spacial score (nSPS) is 17.1. The number of carbonyl (C=O) groups is 1. The number of hydrogen-bond acceptors (Lipinski definition) is 5. The number of rotatable bonds is 6. The van der Waals surface area contributed by atoms with Crippen LogP contribution in [-0.4, -0.2) is 45.6 Å².